The van der Waals surface area contributed by atoms with E-state index in [4.69, 9.17) is 0 Å². The van der Waals surface area contributed by atoms with E-state index < -0.39 is 0 Å². The normalized spacial score (nSPS) is 10.7. The molecule has 96 valence electrons. The van der Waals surface area contributed by atoms with Gasteiger partial charge in [0.25, 0.3) is 0 Å². The second kappa shape index (κ2) is 5.85. The highest BCUT2D eigenvalue weighted by atomic mass is 79.9. The fourth-order valence-electron chi connectivity index (χ4n) is 1.97. The number of aryl methyl sites for hydroxylation is 4. The third-order valence-electron chi connectivity index (χ3n) is 2.99. The summed E-state index contributed by atoms with van der Waals surface area (Å²) >= 11 is 5.23. The molecule has 2 aromatic rings. The first-order chi connectivity index (χ1) is 8.60. The Balaban J connectivity index is 2.08. The molecule has 1 N–H and O–H groups in total. The lowest BCUT2D eigenvalue weighted by atomic mass is 10.0. The van der Waals surface area contributed by atoms with Crippen molar-refractivity contribution in [2.75, 3.05) is 12.4 Å². The zero-order chi connectivity index (χ0) is 13.1. The molecule has 1 aromatic heterocycles. The summed E-state index contributed by atoms with van der Waals surface area (Å²) in [6.07, 6.45) is 2.01. The zero-order valence-electron chi connectivity index (χ0n) is 10.9. The Labute approximate surface area is 121 Å². The van der Waals surface area contributed by atoms with Gasteiger partial charge in [-0.05, 0) is 53.7 Å². The molecule has 0 saturated carbocycles. The molecule has 0 saturated heterocycles. The number of rotatable bonds is 4. The second-order valence-corrected chi connectivity index (χ2v) is 6.74. The Kier molecular flexibility index (Phi) is 4.40. The van der Waals surface area contributed by atoms with Crippen LogP contribution in [0.5, 0.6) is 0 Å². The minimum absolute atomic E-state index is 0.970. The standard InChI is InChI=1S/C14H17BrN2S/c1-9-4-5-11(10(2)8-9)6-7-12-13(15)18-14(16-3)17-12/h4-5,8H,6-7H2,1-3H3,(H,16,17). The number of nitrogens with zero attached hydrogens (tertiary/aromatic N) is 1. The molecule has 0 radical (unpaired) electrons. The molecule has 0 atom stereocenters. The molecule has 18 heavy (non-hydrogen) atoms. The number of thiazole rings is 1. The minimum atomic E-state index is 0.970. The minimum Gasteiger partial charge on any atom is -0.365 e. The number of hydrogen-bond acceptors (Lipinski definition) is 3. The zero-order valence-corrected chi connectivity index (χ0v) is 13.3. The Morgan fingerprint density at radius 3 is 2.67 bits per heavy atom. The molecule has 0 unspecified atom stereocenters. The summed E-state index contributed by atoms with van der Waals surface area (Å²) in [6, 6.07) is 6.64. The van der Waals surface area contributed by atoms with Crippen molar-refractivity contribution in [3.8, 4) is 0 Å². The molecular formula is C14H17BrN2S. The number of hydrogen-bond donors (Lipinski definition) is 1. The van der Waals surface area contributed by atoms with E-state index in [1.807, 2.05) is 7.05 Å². The lowest BCUT2D eigenvalue weighted by molar-refractivity contribution is 0.912. The SMILES string of the molecule is CNc1nc(CCc2ccc(C)cc2C)c(Br)s1. The lowest BCUT2D eigenvalue weighted by Crippen LogP contribution is -1.96. The van der Waals surface area contributed by atoms with Crippen molar-refractivity contribution in [2.45, 2.75) is 26.7 Å². The van der Waals surface area contributed by atoms with Gasteiger partial charge in [-0.3, -0.25) is 0 Å². The van der Waals surface area contributed by atoms with E-state index in [0.717, 1.165) is 27.5 Å². The van der Waals surface area contributed by atoms with E-state index in [0.29, 0.717) is 0 Å². The molecular weight excluding hydrogens is 308 g/mol. The first-order valence-electron chi connectivity index (χ1n) is 5.99. The number of nitrogens with one attached hydrogen (secondary N) is 1. The van der Waals surface area contributed by atoms with Crippen LogP contribution in [0.1, 0.15) is 22.4 Å². The van der Waals surface area contributed by atoms with Gasteiger partial charge >= 0.3 is 0 Å². The number of halogens is 1. The average molecular weight is 325 g/mol. The molecule has 0 spiro atoms. The maximum absolute atomic E-state index is 4.55. The van der Waals surface area contributed by atoms with Crippen molar-refractivity contribution in [1.82, 2.24) is 4.98 Å². The van der Waals surface area contributed by atoms with Crippen LogP contribution in [0.3, 0.4) is 0 Å². The maximum atomic E-state index is 4.55. The summed E-state index contributed by atoms with van der Waals surface area (Å²) in [5.74, 6) is 0. The highest BCUT2D eigenvalue weighted by Gasteiger charge is 2.08. The number of aromatic nitrogens is 1. The molecule has 1 aromatic carbocycles. The van der Waals surface area contributed by atoms with Crippen molar-refractivity contribution < 1.29 is 0 Å². The molecule has 0 aliphatic rings. The van der Waals surface area contributed by atoms with E-state index in [2.05, 4.69) is 58.3 Å². The van der Waals surface area contributed by atoms with Crippen LogP contribution in [0, 0.1) is 13.8 Å². The Morgan fingerprint density at radius 1 is 1.28 bits per heavy atom. The molecule has 0 aliphatic carbocycles. The predicted octanol–water partition coefficient (Wildman–Crippen LogP) is 4.35. The molecule has 2 rings (SSSR count). The van der Waals surface area contributed by atoms with E-state index >= 15 is 0 Å². The van der Waals surface area contributed by atoms with Gasteiger partial charge < -0.3 is 5.32 Å². The third kappa shape index (κ3) is 3.12. The summed E-state index contributed by atoms with van der Waals surface area (Å²) in [6.45, 7) is 4.31. The van der Waals surface area contributed by atoms with Crippen LogP contribution in [0.2, 0.25) is 0 Å². The van der Waals surface area contributed by atoms with Crippen molar-refractivity contribution in [1.29, 1.82) is 0 Å². The summed E-state index contributed by atoms with van der Waals surface area (Å²) in [5.41, 5.74) is 5.24. The summed E-state index contributed by atoms with van der Waals surface area (Å²) in [5, 5.41) is 4.05. The van der Waals surface area contributed by atoms with Gasteiger partial charge in [0, 0.05) is 7.05 Å². The van der Waals surface area contributed by atoms with E-state index in [9.17, 15) is 0 Å². The molecule has 0 bridgehead atoms. The third-order valence-corrected chi connectivity index (χ3v) is 4.84. The van der Waals surface area contributed by atoms with Crippen LogP contribution in [0.4, 0.5) is 5.13 Å². The van der Waals surface area contributed by atoms with Crippen LogP contribution in [0.15, 0.2) is 22.0 Å². The fraction of sp³-hybridized carbons (Fsp3) is 0.357. The van der Waals surface area contributed by atoms with E-state index in [1.54, 1.807) is 11.3 Å². The van der Waals surface area contributed by atoms with Crippen LogP contribution >= 0.6 is 27.3 Å². The Bertz CT molecular complexity index is 549. The van der Waals surface area contributed by atoms with Gasteiger partial charge in [0.15, 0.2) is 5.13 Å². The lowest BCUT2D eigenvalue weighted by Gasteiger charge is -2.06. The molecule has 0 fully saturated rings. The van der Waals surface area contributed by atoms with Gasteiger partial charge in [-0.25, -0.2) is 4.98 Å². The van der Waals surface area contributed by atoms with Crippen molar-refractivity contribution in [3.05, 3.63) is 44.4 Å². The van der Waals surface area contributed by atoms with E-state index in [-0.39, 0.29) is 0 Å². The van der Waals surface area contributed by atoms with Crippen molar-refractivity contribution >= 4 is 32.4 Å². The smallest absolute Gasteiger partial charge is 0.183 e. The van der Waals surface area contributed by atoms with Crippen molar-refractivity contribution in [2.24, 2.45) is 0 Å². The fourth-order valence-corrected chi connectivity index (χ4v) is 3.41. The number of benzene rings is 1. The summed E-state index contributed by atoms with van der Waals surface area (Å²) in [4.78, 5) is 4.55. The molecule has 0 amide bonds. The summed E-state index contributed by atoms with van der Waals surface area (Å²) in [7, 11) is 1.90. The highest BCUT2D eigenvalue weighted by Crippen LogP contribution is 2.29. The van der Waals surface area contributed by atoms with Gasteiger partial charge in [-0.2, -0.15) is 0 Å². The molecule has 0 aliphatic heterocycles. The maximum Gasteiger partial charge on any atom is 0.183 e. The molecule has 4 heteroatoms. The monoisotopic (exact) mass is 324 g/mol. The Hall–Kier alpha value is -0.870. The van der Waals surface area contributed by atoms with Gasteiger partial charge in [0.2, 0.25) is 0 Å². The Morgan fingerprint density at radius 2 is 2.06 bits per heavy atom. The largest absolute Gasteiger partial charge is 0.365 e. The van der Waals surface area contributed by atoms with Crippen LogP contribution in [-0.2, 0) is 12.8 Å². The summed E-state index contributed by atoms with van der Waals surface area (Å²) < 4.78 is 1.14. The van der Waals surface area contributed by atoms with Crippen molar-refractivity contribution in [3.63, 3.8) is 0 Å². The predicted molar refractivity (Wildman–Crippen MR) is 82.7 cm³/mol. The number of anilines is 1. The van der Waals surface area contributed by atoms with Crippen LogP contribution in [0.25, 0.3) is 0 Å². The van der Waals surface area contributed by atoms with Gasteiger partial charge in [-0.1, -0.05) is 35.1 Å². The van der Waals surface area contributed by atoms with Gasteiger partial charge in [-0.15, -0.1) is 0 Å². The van der Waals surface area contributed by atoms with Gasteiger partial charge in [0.1, 0.15) is 0 Å². The van der Waals surface area contributed by atoms with Crippen LogP contribution < -0.4 is 5.32 Å². The topological polar surface area (TPSA) is 24.9 Å². The first-order valence-corrected chi connectivity index (χ1v) is 7.60. The second-order valence-electron chi connectivity index (χ2n) is 4.42. The van der Waals surface area contributed by atoms with E-state index in [1.165, 1.54) is 16.7 Å². The van der Waals surface area contributed by atoms with Gasteiger partial charge in [0.05, 0.1) is 9.48 Å². The molecule has 2 nitrogen and oxygen atoms in total. The first kappa shape index (κ1) is 13.6. The average Bonchev–Trinajstić information content (AvgIpc) is 2.69. The quantitative estimate of drug-likeness (QED) is 0.904. The molecule has 1 heterocycles. The van der Waals surface area contributed by atoms with Crippen LogP contribution in [-0.4, -0.2) is 12.0 Å². The highest BCUT2D eigenvalue weighted by molar-refractivity contribution is 9.11.